The van der Waals surface area contributed by atoms with Crippen LogP contribution in [0, 0.1) is 5.92 Å². The molecule has 2 amide bonds. The summed E-state index contributed by atoms with van der Waals surface area (Å²) < 4.78 is 5.67. The van der Waals surface area contributed by atoms with Crippen LogP contribution in [0.1, 0.15) is 23.7 Å². The second kappa shape index (κ2) is 9.55. The number of para-hydroxylation sites is 1. The van der Waals surface area contributed by atoms with Gasteiger partial charge in [-0.3, -0.25) is 14.8 Å². The molecule has 0 bridgehead atoms. The van der Waals surface area contributed by atoms with E-state index in [4.69, 9.17) is 9.94 Å². The van der Waals surface area contributed by atoms with Gasteiger partial charge in [0, 0.05) is 11.5 Å². The summed E-state index contributed by atoms with van der Waals surface area (Å²) in [5.74, 6) is -0.202. The van der Waals surface area contributed by atoms with E-state index in [1.165, 1.54) is 0 Å². The van der Waals surface area contributed by atoms with Crippen LogP contribution in [0.5, 0.6) is 11.5 Å². The lowest BCUT2D eigenvalue weighted by Gasteiger charge is -2.19. The summed E-state index contributed by atoms with van der Waals surface area (Å²) in [7, 11) is 0. The summed E-state index contributed by atoms with van der Waals surface area (Å²) in [4.78, 5) is 23.6. The Kier molecular flexibility index (Phi) is 7.13. The highest BCUT2D eigenvalue weighted by Crippen LogP contribution is 2.21. The van der Waals surface area contributed by atoms with Crippen molar-refractivity contribution in [3.05, 3.63) is 60.2 Å². The fourth-order valence-electron chi connectivity index (χ4n) is 2.39. The number of aliphatic hydroxyl groups is 1. The highest BCUT2D eigenvalue weighted by atomic mass is 16.5. The molecular weight excluding hydrogens is 336 g/mol. The zero-order valence-corrected chi connectivity index (χ0v) is 14.4. The maximum absolute atomic E-state index is 12.3. The first-order valence-electron chi connectivity index (χ1n) is 8.22. The zero-order valence-electron chi connectivity index (χ0n) is 14.4. The number of hydrogen-bond acceptors (Lipinski definition) is 5. The minimum atomic E-state index is -0.602. The highest BCUT2D eigenvalue weighted by molar-refractivity contribution is 5.94. The number of amides is 2. The molecule has 7 nitrogen and oxygen atoms in total. The molecule has 26 heavy (non-hydrogen) atoms. The van der Waals surface area contributed by atoms with Gasteiger partial charge in [-0.05, 0) is 42.8 Å². The Morgan fingerprint density at radius 1 is 1.04 bits per heavy atom. The maximum atomic E-state index is 12.3. The second-order valence-corrected chi connectivity index (χ2v) is 5.91. The third-order valence-electron chi connectivity index (χ3n) is 3.85. The molecule has 2 aromatic carbocycles. The van der Waals surface area contributed by atoms with Gasteiger partial charge in [-0.15, -0.1) is 0 Å². The van der Waals surface area contributed by atoms with Gasteiger partial charge in [0.25, 0.3) is 5.91 Å². The van der Waals surface area contributed by atoms with Crippen molar-refractivity contribution in [1.29, 1.82) is 0 Å². The van der Waals surface area contributed by atoms with Crippen molar-refractivity contribution in [1.82, 2.24) is 10.8 Å². The molecule has 0 fully saturated rings. The smallest absolute Gasteiger partial charge is 0.251 e. The Balaban J connectivity index is 1.95. The molecule has 0 aliphatic carbocycles. The minimum absolute atomic E-state index is 0.198. The van der Waals surface area contributed by atoms with E-state index in [0.29, 0.717) is 17.1 Å². The predicted octanol–water partition coefficient (Wildman–Crippen LogP) is 2.10. The maximum Gasteiger partial charge on any atom is 0.251 e. The summed E-state index contributed by atoms with van der Waals surface area (Å²) in [5, 5.41) is 20.7. The van der Waals surface area contributed by atoms with E-state index in [0.717, 1.165) is 0 Å². The normalized spacial score (nSPS) is 12.7. The van der Waals surface area contributed by atoms with Crippen molar-refractivity contribution in [3.8, 4) is 11.5 Å². The molecule has 2 rings (SSSR count). The van der Waals surface area contributed by atoms with Crippen molar-refractivity contribution in [3.63, 3.8) is 0 Å². The van der Waals surface area contributed by atoms with E-state index in [9.17, 15) is 14.7 Å². The Hall–Kier alpha value is -2.90. The zero-order chi connectivity index (χ0) is 18.9. The number of hydroxylamine groups is 1. The van der Waals surface area contributed by atoms with Gasteiger partial charge < -0.3 is 15.2 Å². The Bertz CT molecular complexity index is 718. The quantitative estimate of drug-likeness (QED) is 0.427. The number of hydrogen-bond donors (Lipinski definition) is 4. The largest absolute Gasteiger partial charge is 0.457 e. The molecule has 0 spiro atoms. The van der Waals surface area contributed by atoms with Crippen molar-refractivity contribution in [2.24, 2.45) is 5.92 Å². The second-order valence-electron chi connectivity index (χ2n) is 5.91. The van der Waals surface area contributed by atoms with Crippen LogP contribution >= 0.6 is 0 Å². The number of rotatable bonds is 8. The van der Waals surface area contributed by atoms with Gasteiger partial charge in [0.15, 0.2) is 0 Å². The Morgan fingerprint density at radius 2 is 1.65 bits per heavy atom. The van der Waals surface area contributed by atoms with Gasteiger partial charge >= 0.3 is 0 Å². The van der Waals surface area contributed by atoms with Crippen LogP contribution in [0.25, 0.3) is 0 Å². The molecule has 0 radical (unpaired) electrons. The van der Waals surface area contributed by atoms with Crippen LogP contribution in [0.2, 0.25) is 0 Å². The Labute approximate surface area is 151 Å². The number of ether oxygens (including phenoxy) is 1. The molecule has 2 aromatic rings. The molecule has 0 heterocycles. The summed E-state index contributed by atoms with van der Waals surface area (Å²) >= 11 is 0. The first-order valence-corrected chi connectivity index (χ1v) is 8.22. The average Bonchev–Trinajstić information content (AvgIpc) is 2.67. The third kappa shape index (κ3) is 5.58. The van der Waals surface area contributed by atoms with E-state index in [2.05, 4.69) is 5.32 Å². The van der Waals surface area contributed by atoms with Crippen LogP contribution in [-0.2, 0) is 4.79 Å². The lowest BCUT2D eigenvalue weighted by atomic mass is 10.0. The molecule has 0 aliphatic rings. The number of carbonyl (C=O) groups excluding carboxylic acids is 2. The van der Waals surface area contributed by atoms with Gasteiger partial charge in [-0.2, -0.15) is 0 Å². The van der Waals surface area contributed by atoms with E-state index in [-0.39, 0.29) is 18.9 Å². The summed E-state index contributed by atoms with van der Waals surface area (Å²) in [6.45, 7) is 1.28. The molecular formula is C19H22N2O5. The topological polar surface area (TPSA) is 108 Å². The van der Waals surface area contributed by atoms with Crippen molar-refractivity contribution in [2.45, 2.75) is 19.4 Å². The first-order chi connectivity index (χ1) is 12.5. The molecule has 138 valence electrons. The van der Waals surface area contributed by atoms with Crippen LogP contribution in [0.3, 0.4) is 0 Å². The van der Waals surface area contributed by atoms with E-state index in [1.54, 1.807) is 36.7 Å². The molecule has 0 aromatic heterocycles. The van der Waals surface area contributed by atoms with Crippen molar-refractivity contribution >= 4 is 11.8 Å². The molecule has 7 heteroatoms. The number of benzene rings is 2. The standard InChI is InChI=1S/C19H22N2O5/c1-13(18(23)21-25)11-15(12-22)20-19(24)14-7-9-17(10-8-14)26-16-5-3-2-4-6-16/h2-10,13,15,22,25H,11-12H2,1H3,(H,20,24)(H,21,23)/t13-,15-/m1/s1. The van der Waals surface area contributed by atoms with Crippen LogP contribution in [0.15, 0.2) is 54.6 Å². The molecule has 4 N–H and O–H groups in total. The van der Waals surface area contributed by atoms with Gasteiger partial charge in [0.2, 0.25) is 5.91 Å². The summed E-state index contributed by atoms with van der Waals surface area (Å²) in [6, 6.07) is 15.3. The summed E-state index contributed by atoms with van der Waals surface area (Å²) in [5.41, 5.74) is 1.96. The number of carbonyl (C=O) groups is 2. The molecule has 0 unspecified atom stereocenters. The van der Waals surface area contributed by atoms with E-state index < -0.39 is 17.9 Å². The Morgan fingerprint density at radius 3 is 2.23 bits per heavy atom. The molecule has 0 saturated heterocycles. The molecule has 0 aliphatic heterocycles. The summed E-state index contributed by atoms with van der Waals surface area (Å²) in [6.07, 6.45) is 0.198. The minimum Gasteiger partial charge on any atom is -0.457 e. The molecule has 0 saturated carbocycles. The fraction of sp³-hybridized carbons (Fsp3) is 0.263. The predicted molar refractivity (Wildman–Crippen MR) is 95.0 cm³/mol. The van der Waals surface area contributed by atoms with Crippen LogP contribution < -0.4 is 15.5 Å². The van der Waals surface area contributed by atoms with E-state index in [1.807, 2.05) is 30.3 Å². The first kappa shape index (κ1) is 19.4. The van der Waals surface area contributed by atoms with Crippen molar-refractivity contribution in [2.75, 3.05) is 6.61 Å². The fourth-order valence-corrected chi connectivity index (χ4v) is 2.39. The number of aliphatic hydroxyl groups excluding tert-OH is 1. The lowest BCUT2D eigenvalue weighted by Crippen LogP contribution is -2.40. The highest BCUT2D eigenvalue weighted by Gasteiger charge is 2.20. The van der Waals surface area contributed by atoms with Crippen molar-refractivity contribution < 1.29 is 24.6 Å². The SMILES string of the molecule is C[C@H](C[C@H](CO)NC(=O)c1ccc(Oc2ccccc2)cc1)C(=O)NO. The lowest BCUT2D eigenvalue weighted by molar-refractivity contribution is -0.133. The van der Waals surface area contributed by atoms with Gasteiger partial charge in [0.05, 0.1) is 12.6 Å². The third-order valence-corrected chi connectivity index (χ3v) is 3.85. The average molecular weight is 358 g/mol. The molecule has 2 atom stereocenters. The van der Waals surface area contributed by atoms with Gasteiger partial charge in [0.1, 0.15) is 11.5 Å². The monoisotopic (exact) mass is 358 g/mol. The van der Waals surface area contributed by atoms with Crippen LogP contribution in [0.4, 0.5) is 0 Å². The van der Waals surface area contributed by atoms with E-state index >= 15 is 0 Å². The number of nitrogens with one attached hydrogen (secondary N) is 2. The van der Waals surface area contributed by atoms with Gasteiger partial charge in [-0.1, -0.05) is 25.1 Å². The van der Waals surface area contributed by atoms with Crippen LogP contribution in [-0.4, -0.2) is 34.8 Å². The van der Waals surface area contributed by atoms with Gasteiger partial charge in [-0.25, -0.2) is 5.48 Å².